The minimum Gasteiger partial charge on any atom is -0.493 e. The van der Waals surface area contributed by atoms with Gasteiger partial charge in [-0.05, 0) is 24.6 Å². The van der Waals surface area contributed by atoms with Crippen molar-refractivity contribution in [1.29, 1.82) is 0 Å². The van der Waals surface area contributed by atoms with Crippen LogP contribution in [0, 0.1) is 6.92 Å². The molecule has 0 radical (unpaired) electrons. The van der Waals surface area contributed by atoms with E-state index in [2.05, 4.69) is 34.5 Å². The Hall–Kier alpha value is -2.28. The van der Waals surface area contributed by atoms with Crippen LogP contribution in [0.25, 0.3) is 0 Å². The Labute approximate surface area is 176 Å². The third-order valence-electron chi connectivity index (χ3n) is 5.03. The molecule has 0 aliphatic carbocycles. The van der Waals surface area contributed by atoms with Gasteiger partial charge in [0.2, 0.25) is 0 Å². The standard InChI is InChI=1S/C22H27ClN2O4/c1-15-4-6-16(7-5-15)19(14-25-8-10-29-11-9-25)24-22(26)17-12-18(23)21(28-3)20(13-17)27-2/h4-7,12-13,19H,8-11,14H2,1-3H3,(H,24,26)/t19-/m1/s1. The largest absolute Gasteiger partial charge is 0.493 e. The van der Waals surface area contributed by atoms with Crippen molar-refractivity contribution in [2.24, 2.45) is 0 Å². The number of nitrogens with one attached hydrogen (secondary N) is 1. The molecule has 2 aromatic carbocycles. The van der Waals surface area contributed by atoms with Gasteiger partial charge in [-0.15, -0.1) is 0 Å². The average molecular weight is 419 g/mol. The molecule has 29 heavy (non-hydrogen) atoms. The van der Waals surface area contributed by atoms with Crippen molar-refractivity contribution in [3.8, 4) is 11.5 Å². The lowest BCUT2D eigenvalue weighted by Gasteiger charge is -2.31. The number of aryl methyl sites for hydroxylation is 1. The Morgan fingerprint density at radius 1 is 1.17 bits per heavy atom. The fourth-order valence-corrected chi connectivity index (χ4v) is 3.65. The predicted octanol–water partition coefficient (Wildman–Crippen LogP) is 3.47. The number of rotatable bonds is 7. The zero-order chi connectivity index (χ0) is 20.8. The summed E-state index contributed by atoms with van der Waals surface area (Å²) in [6.45, 7) is 5.87. The summed E-state index contributed by atoms with van der Waals surface area (Å²) in [6, 6.07) is 11.3. The number of morpholine rings is 1. The van der Waals surface area contributed by atoms with Gasteiger partial charge in [0, 0.05) is 25.2 Å². The van der Waals surface area contributed by atoms with Crippen LogP contribution >= 0.6 is 11.6 Å². The highest BCUT2D eigenvalue weighted by molar-refractivity contribution is 6.32. The molecule has 0 saturated carbocycles. The van der Waals surface area contributed by atoms with Crippen LogP contribution < -0.4 is 14.8 Å². The summed E-state index contributed by atoms with van der Waals surface area (Å²) in [5.41, 5.74) is 2.66. The first-order valence-corrected chi connectivity index (χ1v) is 9.98. The van der Waals surface area contributed by atoms with Gasteiger partial charge >= 0.3 is 0 Å². The van der Waals surface area contributed by atoms with E-state index >= 15 is 0 Å². The zero-order valence-corrected chi connectivity index (χ0v) is 17.8. The van der Waals surface area contributed by atoms with Crippen molar-refractivity contribution in [2.45, 2.75) is 13.0 Å². The SMILES string of the molecule is COc1cc(C(=O)N[C@H](CN2CCOCC2)c2ccc(C)cc2)cc(Cl)c1OC. The second-order valence-electron chi connectivity index (χ2n) is 7.04. The molecule has 1 amide bonds. The molecule has 1 atom stereocenters. The molecule has 0 bridgehead atoms. The lowest BCUT2D eigenvalue weighted by Crippen LogP contribution is -2.43. The van der Waals surface area contributed by atoms with Crippen molar-refractivity contribution in [3.63, 3.8) is 0 Å². The van der Waals surface area contributed by atoms with Crippen molar-refractivity contribution < 1.29 is 19.0 Å². The highest BCUT2D eigenvalue weighted by Crippen LogP contribution is 2.36. The van der Waals surface area contributed by atoms with E-state index in [9.17, 15) is 4.79 Å². The monoisotopic (exact) mass is 418 g/mol. The molecule has 0 unspecified atom stereocenters. The van der Waals surface area contributed by atoms with Crippen LogP contribution in [0.2, 0.25) is 5.02 Å². The fourth-order valence-electron chi connectivity index (χ4n) is 3.37. The smallest absolute Gasteiger partial charge is 0.252 e. The molecule has 2 aromatic rings. The number of hydrogen-bond donors (Lipinski definition) is 1. The van der Waals surface area contributed by atoms with E-state index in [0.29, 0.717) is 41.8 Å². The second-order valence-corrected chi connectivity index (χ2v) is 7.45. The number of ether oxygens (including phenoxy) is 3. The highest BCUT2D eigenvalue weighted by Gasteiger charge is 2.22. The van der Waals surface area contributed by atoms with Gasteiger partial charge in [-0.25, -0.2) is 0 Å². The molecule has 1 heterocycles. The van der Waals surface area contributed by atoms with E-state index in [-0.39, 0.29) is 11.9 Å². The van der Waals surface area contributed by atoms with Gasteiger partial charge in [-0.1, -0.05) is 41.4 Å². The topological polar surface area (TPSA) is 60.0 Å². The Morgan fingerprint density at radius 2 is 1.86 bits per heavy atom. The highest BCUT2D eigenvalue weighted by atomic mass is 35.5. The zero-order valence-electron chi connectivity index (χ0n) is 17.0. The van der Waals surface area contributed by atoms with Gasteiger partial charge in [0.1, 0.15) is 0 Å². The van der Waals surface area contributed by atoms with Crippen LogP contribution in [0.15, 0.2) is 36.4 Å². The summed E-state index contributed by atoms with van der Waals surface area (Å²) in [6.07, 6.45) is 0. The molecular weight excluding hydrogens is 392 g/mol. The molecule has 1 N–H and O–H groups in total. The summed E-state index contributed by atoms with van der Waals surface area (Å²) >= 11 is 6.28. The van der Waals surface area contributed by atoms with Crippen molar-refractivity contribution in [2.75, 3.05) is 47.1 Å². The number of carbonyl (C=O) groups is 1. The summed E-state index contributed by atoms with van der Waals surface area (Å²) in [5, 5.41) is 3.49. The number of halogens is 1. The third-order valence-corrected chi connectivity index (χ3v) is 5.31. The van der Waals surface area contributed by atoms with Gasteiger partial charge in [0.25, 0.3) is 5.91 Å². The molecule has 7 heteroatoms. The fraction of sp³-hybridized carbons (Fsp3) is 0.409. The second kappa shape index (κ2) is 9.96. The molecule has 1 aliphatic heterocycles. The van der Waals surface area contributed by atoms with Crippen molar-refractivity contribution >= 4 is 17.5 Å². The maximum atomic E-state index is 13.0. The first kappa shape index (κ1) is 21.4. The van der Waals surface area contributed by atoms with Gasteiger partial charge in [0.05, 0.1) is 38.5 Å². The Kier molecular flexibility index (Phi) is 7.36. The molecule has 0 spiro atoms. The van der Waals surface area contributed by atoms with Gasteiger partial charge in [-0.3, -0.25) is 9.69 Å². The average Bonchev–Trinajstić information content (AvgIpc) is 2.73. The van der Waals surface area contributed by atoms with Gasteiger partial charge < -0.3 is 19.5 Å². The molecular formula is C22H27ClN2O4. The van der Waals surface area contributed by atoms with Gasteiger partial charge in [-0.2, -0.15) is 0 Å². The normalized spacial score (nSPS) is 15.6. The predicted molar refractivity (Wildman–Crippen MR) is 113 cm³/mol. The molecule has 1 aliphatic rings. The molecule has 1 saturated heterocycles. The molecule has 0 aromatic heterocycles. The molecule has 1 fully saturated rings. The molecule has 3 rings (SSSR count). The number of methoxy groups -OCH3 is 2. The first-order valence-electron chi connectivity index (χ1n) is 9.61. The summed E-state index contributed by atoms with van der Waals surface area (Å²) in [4.78, 5) is 15.3. The lowest BCUT2D eigenvalue weighted by atomic mass is 10.0. The van der Waals surface area contributed by atoms with Crippen LogP contribution in [0.1, 0.15) is 27.5 Å². The Bertz CT molecular complexity index is 835. The maximum Gasteiger partial charge on any atom is 0.252 e. The van der Waals surface area contributed by atoms with E-state index in [0.717, 1.165) is 18.7 Å². The third kappa shape index (κ3) is 5.41. The van der Waals surface area contributed by atoms with E-state index < -0.39 is 0 Å². The first-order chi connectivity index (χ1) is 14.0. The molecule has 156 valence electrons. The van der Waals surface area contributed by atoms with Crippen LogP contribution in [0.3, 0.4) is 0 Å². The maximum absolute atomic E-state index is 13.0. The van der Waals surface area contributed by atoms with Crippen LogP contribution in [0.5, 0.6) is 11.5 Å². The Morgan fingerprint density at radius 3 is 2.48 bits per heavy atom. The minimum atomic E-state index is -0.216. The quantitative estimate of drug-likeness (QED) is 0.746. The van der Waals surface area contributed by atoms with Crippen molar-refractivity contribution in [1.82, 2.24) is 10.2 Å². The number of benzene rings is 2. The molecule has 6 nitrogen and oxygen atoms in total. The number of nitrogens with zero attached hydrogens (tertiary/aromatic N) is 1. The summed E-state index contributed by atoms with van der Waals surface area (Å²) < 4.78 is 16.0. The van der Waals surface area contributed by atoms with E-state index in [1.165, 1.54) is 19.8 Å². The minimum absolute atomic E-state index is 0.159. The van der Waals surface area contributed by atoms with E-state index in [1.807, 2.05) is 6.92 Å². The van der Waals surface area contributed by atoms with E-state index in [4.69, 9.17) is 25.8 Å². The van der Waals surface area contributed by atoms with Crippen LogP contribution in [-0.2, 0) is 4.74 Å². The number of amides is 1. The number of carbonyl (C=O) groups excluding carboxylic acids is 1. The van der Waals surface area contributed by atoms with E-state index in [1.54, 1.807) is 12.1 Å². The number of hydrogen-bond acceptors (Lipinski definition) is 5. The summed E-state index contributed by atoms with van der Waals surface area (Å²) in [5.74, 6) is 0.617. The van der Waals surface area contributed by atoms with Crippen molar-refractivity contribution in [3.05, 3.63) is 58.1 Å². The van der Waals surface area contributed by atoms with Gasteiger partial charge in [0.15, 0.2) is 11.5 Å². The Balaban J connectivity index is 1.83. The van der Waals surface area contributed by atoms with Crippen LogP contribution in [-0.4, -0.2) is 57.9 Å². The van der Waals surface area contributed by atoms with Crippen LogP contribution in [0.4, 0.5) is 0 Å². The summed E-state index contributed by atoms with van der Waals surface area (Å²) in [7, 11) is 3.03. The lowest BCUT2D eigenvalue weighted by molar-refractivity contribution is 0.0332.